The first-order valence-electron chi connectivity index (χ1n) is 20.5. The van der Waals surface area contributed by atoms with Crippen molar-refractivity contribution in [1.29, 1.82) is 0 Å². The Morgan fingerprint density at radius 2 is 1.81 bits per heavy atom. The highest BCUT2D eigenvalue weighted by atomic mass is 16.6. The molecule has 2 saturated heterocycles. The normalized spacial score (nSPS) is 23.1. The number of nitrogens with one attached hydrogen (secondary N) is 1. The molecule has 0 aliphatic carbocycles. The van der Waals surface area contributed by atoms with Crippen LogP contribution >= 0.6 is 0 Å². The number of cyclic esters (lactones) is 1. The van der Waals surface area contributed by atoms with E-state index in [4.69, 9.17) is 28.8 Å². The molecule has 2 aliphatic heterocycles. The van der Waals surface area contributed by atoms with Crippen LogP contribution in [0.3, 0.4) is 0 Å². The molecule has 2 aromatic heterocycles. The van der Waals surface area contributed by atoms with Crippen molar-refractivity contribution in [2.45, 2.75) is 149 Å². The van der Waals surface area contributed by atoms with Gasteiger partial charge >= 0.3 is 6.09 Å². The van der Waals surface area contributed by atoms with Crippen molar-refractivity contribution < 1.29 is 43.2 Å². The van der Waals surface area contributed by atoms with Crippen LogP contribution in [0.4, 0.5) is 4.79 Å². The predicted molar refractivity (Wildman–Crippen MR) is 221 cm³/mol. The fraction of sp³-hybridized carbons (Fsp3) is 0.721. The monoisotopic (exact) mass is 804 g/mol. The van der Waals surface area contributed by atoms with E-state index in [1.165, 1.54) is 0 Å². The highest BCUT2D eigenvalue weighted by molar-refractivity contribution is 5.85. The minimum Gasteiger partial charge on any atom is -0.438 e. The zero-order chi connectivity index (χ0) is 43.1. The highest BCUT2D eigenvalue weighted by Gasteiger charge is 2.58. The Balaban J connectivity index is 0.000000629. The second-order valence-corrected chi connectivity index (χ2v) is 15.4. The molecule has 0 bridgehead atoms. The maximum absolute atomic E-state index is 13.3. The number of ketones is 2. The Bertz CT molecular complexity index is 1410. The summed E-state index contributed by atoms with van der Waals surface area (Å²) >= 11 is 0. The molecule has 5 unspecified atom stereocenters. The van der Waals surface area contributed by atoms with E-state index >= 15 is 0 Å². The Morgan fingerprint density at radius 1 is 1.12 bits per heavy atom. The molecule has 4 rings (SSSR count). The number of imidazole rings is 1. The van der Waals surface area contributed by atoms with Crippen molar-refractivity contribution in [3.8, 4) is 11.3 Å². The van der Waals surface area contributed by atoms with Crippen LogP contribution < -0.4 is 5.32 Å². The molecule has 14 nitrogen and oxygen atoms in total. The van der Waals surface area contributed by atoms with Crippen LogP contribution in [0.15, 0.2) is 37.1 Å². The Kier molecular flexibility index (Phi) is 24.5. The number of carbonyl (C=O) groups is 4. The number of pyridine rings is 1. The fourth-order valence-corrected chi connectivity index (χ4v) is 7.54. The summed E-state index contributed by atoms with van der Waals surface area (Å²) in [6.07, 6.45) is 12.7. The number of aliphatic hydroxyl groups excluding tert-OH is 1. The summed E-state index contributed by atoms with van der Waals surface area (Å²) in [6.45, 7) is 19.6. The summed E-state index contributed by atoms with van der Waals surface area (Å²) in [4.78, 5) is 55.7. The quantitative estimate of drug-likeness (QED) is 0.148. The van der Waals surface area contributed by atoms with Gasteiger partial charge in [-0.05, 0) is 65.1 Å². The molecule has 57 heavy (non-hydrogen) atoms. The molecule has 0 spiro atoms. The molecule has 2 N–H and O–H groups in total. The van der Waals surface area contributed by atoms with Crippen molar-refractivity contribution in [2.75, 3.05) is 34.4 Å². The SMILES string of the molecule is C=O.CCC[C@@H](C)C(=O)C(C)C1N(CCCCn2cnc(-c3cccnc3)c2)C(=O)O[C@]1(C)[C@@H](CC)OC.CNC1CC(C)OC(O)C1.COCCC(=O)C(C)C. The molecule has 0 saturated carbocycles. The number of nitrogens with zero attached hydrogens (tertiary/aromatic N) is 4. The number of aliphatic hydroxyl groups is 1. The van der Waals surface area contributed by atoms with Crippen molar-refractivity contribution in [3.05, 3.63) is 37.1 Å². The standard InChI is InChI=1S/C28H42N4O4.C7H15NO2.C7H14O2.CH2O/c1-7-12-20(3)25(33)21(4)26-28(5,24(8-2)35-6)36-27(34)32(26)16-10-9-15-31-18-23(30-19-31)22-13-11-14-29-17-22;1-5-3-6(8-2)4-7(9)10-5;1-6(2)7(8)4-5-9-3;1-2/h11,13-14,17-21,24,26H,7-10,12,15-16H2,1-6H3;5-9H,3-4H2,1-2H3;6H,4-5H2,1-3H3;1H2/t20-,21?,24-,26?,28-;;;/m1.../s1. The van der Waals surface area contributed by atoms with E-state index in [2.05, 4.69) is 26.8 Å². The minimum absolute atomic E-state index is 0.0512. The lowest BCUT2D eigenvalue weighted by atomic mass is 9.77. The lowest BCUT2D eigenvalue weighted by Crippen LogP contribution is -2.56. The average molecular weight is 804 g/mol. The van der Waals surface area contributed by atoms with Gasteiger partial charge in [0.25, 0.3) is 0 Å². The molecule has 2 fully saturated rings. The zero-order valence-electron chi connectivity index (χ0n) is 36.6. The van der Waals surface area contributed by atoms with Gasteiger partial charge in [0.1, 0.15) is 18.4 Å². The molecular formula is C43H73N5O9. The Hall–Kier alpha value is -3.56. The van der Waals surface area contributed by atoms with E-state index in [1.54, 1.807) is 31.5 Å². The van der Waals surface area contributed by atoms with Gasteiger partial charge < -0.3 is 43.6 Å². The van der Waals surface area contributed by atoms with Gasteiger partial charge in [-0.1, -0.05) is 48.0 Å². The maximum atomic E-state index is 13.3. The third-order valence-electron chi connectivity index (χ3n) is 10.6. The third-order valence-corrected chi connectivity index (χ3v) is 10.6. The van der Waals surface area contributed by atoms with Crippen LogP contribution in [0.25, 0.3) is 11.3 Å². The first-order chi connectivity index (χ1) is 27.2. The minimum atomic E-state index is -0.884. The summed E-state index contributed by atoms with van der Waals surface area (Å²) < 4.78 is 23.7. The number of hydrogen-bond donors (Lipinski definition) is 2. The number of methoxy groups -OCH3 is 2. The number of unbranched alkanes of at least 4 members (excludes halogenated alkanes) is 1. The number of carbonyl (C=O) groups excluding carboxylic acids is 4. The van der Waals surface area contributed by atoms with Gasteiger partial charge in [0.05, 0.1) is 36.9 Å². The largest absolute Gasteiger partial charge is 0.438 e. The number of ether oxygens (including phenoxy) is 4. The van der Waals surface area contributed by atoms with Gasteiger partial charge in [-0.25, -0.2) is 9.78 Å². The maximum Gasteiger partial charge on any atom is 0.410 e. The second kappa shape index (κ2) is 27.2. The van der Waals surface area contributed by atoms with Gasteiger partial charge in [0, 0.05) is 88.1 Å². The predicted octanol–water partition coefficient (Wildman–Crippen LogP) is 6.53. The second-order valence-electron chi connectivity index (χ2n) is 15.4. The van der Waals surface area contributed by atoms with Crippen molar-refractivity contribution in [2.24, 2.45) is 17.8 Å². The molecule has 2 aromatic rings. The van der Waals surface area contributed by atoms with E-state index in [0.29, 0.717) is 38.5 Å². The molecule has 0 radical (unpaired) electrons. The van der Waals surface area contributed by atoms with E-state index < -0.39 is 11.9 Å². The summed E-state index contributed by atoms with van der Waals surface area (Å²) in [6, 6.07) is 3.93. The fourth-order valence-electron chi connectivity index (χ4n) is 7.54. The summed E-state index contributed by atoms with van der Waals surface area (Å²) in [5, 5.41) is 12.2. The summed E-state index contributed by atoms with van der Waals surface area (Å²) in [7, 11) is 5.16. The molecular weight excluding hydrogens is 730 g/mol. The summed E-state index contributed by atoms with van der Waals surface area (Å²) in [5.74, 6) is 0.216. The Morgan fingerprint density at radius 3 is 2.35 bits per heavy atom. The number of hydrogen-bond acceptors (Lipinski definition) is 12. The summed E-state index contributed by atoms with van der Waals surface area (Å²) in [5.41, 5.74) is 0.989. The molecule has 1 amide bonds. The third kappa shape index (κ3) is 16.3. The van der Waals surface area contributed by atoms with Crippen molar-refractivity contribution in [3.63, 3.8) is 0 Å². The van der Waals surface area contributed by atoms with E-state index in [-0.39, 0.29) is 53.7 Å². The molecule has 4 heterocycles. The van der Waals surface area contributed by atoms with Gasteiger partial charge in [0.2, 0.25) is 0 Å². The molecule has 0 aromatic carbocycles. The van der Waals surface area contributed by atoms with Gasteiger partial charge in [0.15, 0.2) is 11.9 Å². The van der Waals surface area contributed by atoms with E-state index in [0.717, 1.165) is 49.9 Å². The smallest absolute Gasteiger partial charge is 0.410 e. The molecule has 14 heteroatoms. The molecule has 324 valence electrons. The highest BCUT2D eigenvalue weighted by Crippen LogP contribution is 2.40. The van der Waals surface area contributed by atoms with Crippen molar-refractivity contribution >= 4 is 24.4 Å². The number of Topliss-reactive ketones (excluding diaryl/α,β-unsaturated/α-hetero) is 2. The van der Waals surface area contributed by atoms with Crippen LogP contribution in [0, 0.1) is 17.8 Å². The van der Waals surface area contributed by atoms with Crippen LogP contribution in [0.1, 0.15) is 107 Å². The first kappa shape index (κ1) is 51.5. The van der Waals surface area contributed by atoms with Gasteiger partial charge in [-0.2, -0.15) is 0 Å². The van der Waals surface area contributed by atoms with Crippen LogP contribution in [0.2, 0.25) is 0 Å². The number of amides is 1. The van der Waals surface area contributed by atoms with Gasteiger partial charge in [-0.3, -0.25) is 14.6 Å². The van der Waals surface area contributed by atoms with Crippen LogP contribution in [0.5, 0.6) is 0 Å². The lowest BCUT2D eigenvalue weighted by Gasteiger charge is -2.40. The van der Waals surface area contributed by atoms with Gasteiger partial charge in [-0.15, -0.1) is 0 Å². The Labute approximate surface area is 341 Å². The number of aryl methyl sites for hydroxylation is 1. The average Bonchev–Trinajstić information content (AvgIpc) is 3.78. The van der Waals surface area contributed by atoms with Crippen LogP contribution in [-0.4, -0.2) is 120 Å². The topological polar surface area (TPSA) is 171 Å². The van der Waals surface area contributed by atoms with E-state index in [9.17, 15) is 14.4 Å². The first-order valence-corrected chi connectivity index (χ1v) is 20.5. The number of rotatable bonds is 19. The molecule has 8 atom stereocenters. The van der Waals surface area contributed by atoms with Crippen LogP contribution in [-0.2, 0) is 39.9 Å². The van der Waals surface area contributed by atoms with Crippen molar-refractivity contribution in [1.82, 2.24) is 24.8 Å². The molecule has 2 aliphatic rings. The number of aromatic nitrogens is 3. The zero-order valence-corrected chi connectivity index (χ0v) is 36.6. The van der Waals surface area contributed by atoms with E-state index in [1.807, 2.05) is 87.0 Å². The lowest BCUT2D eigenvalue weighted by molar-refractivity contribution is -0.163.